The number of aromatic carboxylic acids is 1. The molecule has 1 N–H and O–H groups in total. The largest absolute Gasteiger partial charge is 0.478 e. The van der Waals surface area contributed by atoms with E-state index >= 15 is 0 Å². The minimum atomic E-state index is -3.64. The number of carbonyl (C=O) groups is 1. The highest BCUT2D eigenvalue weighted by Crippen LogP contribution is 2.21. The van der Waals surface area contributed by atoms with Crippen molar-refractivity contribution in [2.75, 3.05) is 26.2 Å². The lowest BCUT2D eigenvalue weighted by Gasteiger charge is -2.36. The monoisotopic (exact) mass is 326 g/mol. The summed E-state index contributed by atoms with van der Waals surface area (Å²) in [6, 6.07) is 4.66. The Labute approximate surface area is 131 Å². The van der Waals surface area contributed by atoms with Gasteiger partial charge in [-0.15, -0.1) is 0 Å². The number of carboxylic acids is 1. The van der Waals surface area contributed by atoms with Crippen LogP contribution >= 0.6 is 0 Å². The van der Waals surface area contributed by atoms with Crippen molar-refractivity contribution in [3.8, 4) is 0 Å². The zero-order chi connectivity index (χ0) is 16.5. The SMILES string of the molecule is Cc1ccc(S(=O)(=O)N2CCN(C(C)C)CC2)cc1C(=O)O. The second kappa shape index (κ2) is 6.36. The molecule has 0 radical (unpaired) electrons. The molecule has 2 rings (SSSR count). The molecule has 1 saturated heterocycles. The van der Waals surface area contributed by atoms with Crippen LogP contribution in [0.25, 0.3) is 0 Å². The number of hydrogen-bond acceptors (Lipinski definition) is 4. The minimum Gasteiger partial charge on any atom is -0.478 e. The maximum atomic E-state index is 12.7. The molecule has 1 aliphatic heterocycles. The lowest BCUT2D eigenvalue weighted by molar-refractivity contribution is 0.0696. The first kappa shape index (κ1) is 16.9. The predicted octanol–water partition coefficient (Wildman–Crippen LogP) is 1.41. The summed E-state index contributed by atoms with van der Waals surface area (Å²) in [6.07, 6.45) is 0. The summed E-state index contributed by atoms with van der Waals surface area (Å²) in [5, 5.41) is 9.15. The Bertz CT molecular complexity index is 662. The average Bonchev–Trinajstić information content (AvgIpc) is 2.47. The van der Waals surface area contributed by atoms with Gasteiger partial charge in [0, 0.05) is 32.2 Å². The summed E-state index contributed by atoms with van der Waals surface area (Å²) in [5.74, 6) is -1.11. The fraction of sp³-hybridized carbons (Fsp3) is 0.533. The van der Waals surface area contributed by atoms with Gasteiger partial charge in [0.2, 0.25) is 10.0 Å². The number of hydrogen-bond donors (Lipinski definition) is 1. The Hall–Kier alpha value is -1.44. The van der Waals surface area contributed by atoms with Gasteiger partial charge in [-0.25, -0.2) is 13.2 Å². The fourth-order valence-corrected chi connectivity index (χ4v) is 4.05. The number of nitrogens with zero attached hydrogens (tertiary/aromatic N) is 2. The van der Waals surface area contributed by atoms with Gasteiger partial charge in [0.05, 0.1) is 10.5 Å². The van der Waals surface area contributed by atoms with Crippen LogP contribution in [0.3, 0.4) is 0 Å². The second-order valence-electron chi connectivity index (χ2n) is 5.82. The Balaban J connectivity index is 2.25. The van der Waals surface area contributed by atoms with Crippen molar-refractivity contribution < 1.29 is 18.3 Å². The first-order chi connectivity index (χ1) is 10.2. The summed E-state index contributed by atoms with van der Waals surface area (Å²) >= 11 is 0. The average molecular weight is 326 g/mol. The minimum absolute atomic E-state index is 0.0295. The zero-order valence-corrected chi connectivity index (χ0v) is 13.9. The van der Waals surface area contributed by atoms with Crippen molar-refractivity contribution >= 4 is 16.0 Å². The van der Waals surface area contributed by atoms with Crippen molar-refractivity contribution in [3.05, 3.63) is 29.3 Å². The van der Waals surface area contributed by atoms with Gasteiger partial charge in [-0.1, -0.05) is 6.07 Å². The Kier molecular flexibility index (Phi) is 4.89. The van der Waals surface area contributed by atoms with E-state index in [-0.39, 0.29) is 10.5 Å². The van der Waals surface area contributed by atoms with Gasteiger partial charge in [0.1, 0.15) is 0 Å². The topological polar surface area (TPSA) is 77.9 Å². The Morgan fingerprint density at radius 2 is 1.77 bits per heavy atom. The van der Waals surface area contributed by atoms with Crippen LogP contribution in [-0.4, -0.2) is 60.9 Å². The highest BCUT2D eigenvalue weighted by atomic mass is 32.2. The van der Waals surface area contributed by atoms with Crippen LogP contribution in [0.5, 0.6) is 0 Å². The predicted molar refractivity (Wildman–Crippen MR) is 83.6 cm³/mol. The normalized spacial score (nSPS) is 17.8. The molecule has 0 bridgehead atoms. The van der Waals surface area contributed by atoms with Gasteiger partial charge in [-0.05, 0) is 38.5 Å². The van der Waals surface area contributed by atoms with E-state index in [1.54, 1.807) is 13.0 Å². The number of aryl methyl sites for hydroxylation is 1. The number of carboxylic acid groups (broad SMARTS) is 1. The molecule has 1 fully saturated rings. The number of benzene rings is 1. The van der Waals surface area contributed by atoms with Gasteiger partial charge >= 0.3 is 5.97 Å². The molecule has 6 nitrogen and oxygen atoms in total. The van der Waals surface area contributed by atoms with Gasteiger partial charge in [0.25, 0.3) is 0 Å². The highest BCUT2D eigenvalue weighted by molar-refractivity contribution is 7.89. The van der Waals surface area contributed by atoms with Crippen LogP contribution in [-0.2, 0) is 10.0 Å². The van der Waals surface area contributed by atoms with Crippen molar-refractivity contribution in [1.82, 2.24) is 9.21 Å². The van der Waals surface area contributed by atoms with Crippen molar-refractivity contribution in [2.45, 2.75) is 31.7 Å². The first-order valence-corrected chi connectivity index (χ1v) is 8.75. The van der Waals surface area contributed by atoms with Gasteiger partial charge in [-0.2, -0.15) is 4.31 Å². The molecule has 1 aromatic carbocycles. The maximum Gasteiger partial charge on any atom is 0.335 e. The molecule has 0 amide bonds. The molecule has 22 heavy (non-hydrogen) atoms. The summed E-state index contributed by atoms with van der Waals surface area (Å²) < 4.78 is 26.8. The molecule has 0 unspecified atom stereocenters. The quantitative estimate of drug-likeness (QED) is 0.905. The molecule has 0 aromatic heterocycles. The molecular weight excluding hydrogens is 304 g/mol. The smallest absolute Gasteiger partial charge is 0.335 e. The standard InChI is InChI=1S/C15H22N2O4S/c1-11(2)16-6-8-17(9-7-16)22(20,21)13-5-4-12(3)14(10-13)15(18)19/h4-5,10-11H,6-9H2,1-3H3,(H,18,19). The molecule has 0 atom stereocenters. The molecule has 0 aliphatic carbocycles. The highest BCUT2D eigenvalue weighted by Gasteiger charge is 2.29. The van der Waals surface area contributed by atoms with Crippen LogP contribution in [0.15, 0.2) is 23.1 Å². The van der Waals surface area contributed by atoms with Crippen LogP contribution in [0.1, 0.15) is 29.8 Å². The molecule has 1 aromatic rings. The molecule has 1 aliphatic rings. The third-order valence-corrected chi connectivity index (χ3v) is 5.98. The number of rotatable bonds is 4. The second-order valence-corrected chi connectivity index (χ2v) is 7.75. The van der Waals surface area contributed by atoms with Gasteiger partial charge in [-0.3, -0.25) is 4.90 Å². The summed E-state index contributed by atoms with van der Waals surface area (Å²) in [7, 11) is -3.64. The Morgan fingerprint density at radius 3 is 2.27 bits per heavy atom. The van der Waals surface area contributed by atoms with Crippen LogP contribution in [0.4, 0.5) is 0 Å². The fourth-order valence-electron chi connectivity index (χ4n) is 2.60. The van der Waals surface area contributed by atoms with Crippen LogP contribution in [0, 0.1) is 6.92 Å². The van der Waals surface area contributed by atoms with Gasteiger partial charge in [0.15, 0.2) is 0 Å². The van der Waals surface area contributed by atoms with Crippen molar-refractivity contribution in [2.24, 2.45) is 0 Å². The van der Waals surface area contributed by atoms with E-state index in [2.05, 4.69) is 18.7 Å². The lowest BCUT2D eigenvalue weighted by Crippen LogP contribution is -2.50. The van der Waals surface area contributed by atoms with Crippen LogP contribution < -0.4 is 0 Å². The summed E-state index contributed by atoms with van der Waals surface area (Å²) in [5.41, 5.74) is 0.581. The molecule has 1 heterocycles. The summed E-state index contributed by atoms with van der Waals surface area (Å²) in [4.78, 5) is 13.5. The summed E-state index contributed by atoms with van der Waals surface area (Å²) in [6.45, 7) is 8.06. The van der Waals surface area contributed by atoms with E-state index in [1.807, 2.05) is 0 Å². The molecule has 0 saturated carbocycles. The molecule has 0 spiro atoms. The van der Waals surface area contributed by atoms with E-state index in [1.165, 1.54) is 16.4 Å². The van der Waals surface area contributed by atoms with E-state index in [0.717, 1.165) is 0 Å². The Morgan fingerprint density at radius 1 is 1.18 bits per heavy atom. The lowest BCUT2D eigenvalue weighted by atomic mass is 10.1. The molecule has 7 heteroatoms. The molecular formula is C15H22N2O4S. The van der Waals surface area contributed by atoms with E-state index in [4.69, 9.17) is 5.11 Å². The van der Waals surface area contributed by atoms with Crippen LogP contribution in [0.2, 0.25) is 0 Å². The first-order valence-electron chi connectivity index (χ1n) is 7.31. The van der Waals surface area contributed by atoms with Crippen molar-refractivity contribution in [3.63, 3.8) is 0 Å². The van der Waals surface area contributed by atoms with E-state index < -0.39 is 16.0 Å². The zero-order valence-electron chi connectivity index (χ0n) is 13.1. The van der Waals surface area contributed by atoms with Crippen molar-refractivity contribution in [1.29, 1.82) is 0 Å². The van der Waals surface area contributed by atoms with E-state index in [9.17, 15) is 13.2 Å². The number of piperazine rings is 1. The third kappa shape index (κ3) is 3.31. The molecule has 122 valence electrons. The van der Waals surface area contributed by atoms with Gasteiger partial charge < -0.3 is 5.11 Å². The van der Waals surface area contributed by atoms with E-state index in [0.29, 0.717) is 37.8 Å². The number of sulfonamides is 1. The maximum absolute atomic E-state index is 12.7. The third-order valence-electron chi connectivity index (χ3n) is 4.08.